The molecule has 3 nitrogen and oxygen atoms in total. The Labute approximate surface area is 259 Å². The van der Waals surface area contributed by atoms with E-state index in [1.165, 1.54) is 180 Å². The average molecular weight is 580 g/mol. The van der Waals surface area contributed by atoms with Crippen LogP contribution < -0.4 is 5.32 Å². The molecule has 0 saturated carbocycles. The van der Waals surface area contributed by atoms with E-state index in [1.54, 1.807) is 0 Å². The van der Waals surface area contributed by atoms with Crippen LogP contribution in [0.25, 0.3) is 0 Å². The van der Waals surface area contributed by atoms with E-state index >= 15 is 0 Å². The summed E-state index contributed by atoms with van der Waals surface area (Å²) in [5.41, 5.74) is 0. The minimum Gasteiger partial charge on any atom is -0.465 e. The van der Waals surface area contributed by atoms with Gasteiger partial charge in [-0.3, -0.25) is 4.79 Å². The van der Waals surface area contributed by atoms with Gasteiger partial charge in [0.25, 0.3) is 0 Å². The lowest BCUT2D eigenvalue weighted by molar-refractivity contribution is -0.145. The van der Waals surface area contributed by atoms with E-state index in [0.717, 1.165) is 19.4 Å². The Morgan fingerprint density at radius 2 is 0.805 bits per heavy atom. The number of hydrogen-bond donors (Lipinski definition) is 1. The molecule has 0 rings (SSSR count). The minimum absolute atomic E-state index is 0.0380. The third-order valence-electron chi connectivity index (χ3n) is 8.85. The summed E-state index contributed by atoms with van der Waals surface area (Å²) in [6, 6.07) is 0. The molecule has 0 saturated heterocycles. The molecule has 0 amide bonds. The SMILES string of the molecule is CCCCCCCCCCCCCCNCCCCCCCC(=O)OCC(CCCCCCC)CCCCCCC. The largest absolute Gasteiger partial charge is 0.465 e. The Hall–Kier alpha value is -0.570. The van der Waals surface area contributed by atoms with E-state index in [9.17, 15) is 4.79 Å². The zero-order valence-electron chi connectivity index (χ0n) is 28.7. The van der Waals surface area contributed by atoms with E-state index in [2.05, 4.69) is 26.1 Å². The minimum atomic E-state index is 0.0380. The summed E-state index contributed by atoms with van der Waals surface area (Å²) in [7, 11) is 0. The first-order valence-electron chi connectivity index (χ1n) is 19.1. The van der Waals surface area contributed by atoms with Crippen molar-refractivity contribution in [1.82, 2.24) is 5.32 Å². The van der Waals surface area contributed by atoms with Crippen LogP contribution in [0.5, 0.6) is 0 Å². The fourth-order valence-corrected chi connectivity index (χ4v) is 5.93. The number of ether oxygens (including phenoxy) is 1. The zero-order valence-corrected chi connectivity index (χ0v) is 28.7. The van der Waals surface area contributed by atoms with E-state index in [-0.39, 0.29) is 5.97 Å². The van der Waals surface area contributed by atoms with Crippen LogP contribution in [0.1, 0.15) is 213 Å². The van der Waals surface area contributed by atoms with Gasteiger partial charge in [-0.15, -0.1) is 0 Å². The van der Waals surface area contributed by atoms with Crippen molar-refractivity contribution in [3.63, 3.8) is 0 Å². The molecule has 1 N–H and O–H groups in total. The number of carbonyl (C=O) groups excluding carboxylic acids is 1. The van der Waals surface area contributed by atoms with Gasteiger partial charge in [-0.2, -0.15) is 0 Å². The van der Waals surface area contributed by atoms with Crippen molar-refractivity contribution >= 4 is 5.97 Å². The van der Waals surface area contributed by atoms with Crippen LogP contribution in [-0.2, 0) is 9.53 Å². The number of esters is 1. The molecule has 0 fully saturated rings. The molecule has 0 unspecified atom stereocenters. The first-order valence-corrected chi connectivity index (χ1v) is 19.1. The molecule has 0 heterocycles. The van der Waals surface area contributed by atoms with Crippen LogP contribution in [0.2, 0.25) is 0 Å². The Balaban J connectivity index is 3.55. The Morgan fingerprint density at radius 3 is 1.22 bits per heavy atom. The zero-order chi connectivity index (χ0) is 29.9. The molecule has 41 heavy (non-hydrogen) atoms. The molecule has 0 aromatic heterocycles. The molecule has 0 aromatic carbocycles. The van der Waals surface area contributed by atoms with Gasteiger partial charge in [0, 0.05) is 6.42 Å². The summed E-state index contributed by atoms with van der Waals surface area (Å²) in [6.45, 7) is 9.84. The predicted molar refractivity (Wildman–Crippen MR) is 183 cm³/mol. The van der Waals surface area contributed by atoms with Gasteiger partial charge in [-0.05, 0) is 51.1 Å². The topological polar surface area (TPSA) is 38.3 Å². The highest BCUT2D eigenvalue weighted by atomic mass is 16.5. The molecule has 0 radical (unpaired) electrons. The number of nitrogens with one attached hydrogen (secondary N) is 1. The van der Waals surface area contributed by atoms with Gasteiger partial charge in [0.2, 0.25) is 0 Å². The molecule has 0 aliphatic carbocycles. The molecule has 0 bridgehead atoms. The van der Waals surface area contributed by atoms with Crippen molar-refractivity contribution in [2.75, 3.05) is 19.7 Å². The van der Waals surface area contributed by atoms with Crippen molar-refractivity contribution in [3.05, 3.63) is 0 Å². The molecule has 3 heteroatoms. The molecule has 0 aromatic rings. The fourth-order valence-electron chi connectivity index (χ4n) is 5.93. The highest BCUT2D eigenvalue weighted by Gasteiger charge is 2.12. The third kappa shape index (κ3) is 33.8. The van der Waals surface area contributed by atoms with E-state index in [1.807, 2.05) is 0 Å². The lowest BCUT2D eigenvalue weighted by Gasteiger charge is -2.17. The van der Waals surface area contributed by atoms with E-state index in [0.29, 0.717) is 18.9 Å². The molecular weight excluding hydrogens is 502 g/mol. The smallest absolute Gasteiger partial charge is 0.305 e. The maximum absolute atomic E-state index is 12.3. The summed E-state index contributed by atoms with van der Waals surface area (Å²) in [5.74, 6) is 0.612. The van der Waals surface area contributed by atoms with Gasteiger partial charge in [0.1, 0.15) is 0 Å². The molecule has 0 aliphatic heterocycles. The molecule has 0 atom stereocenters. The van der Waals surface area contributed by atoms with Gasteiger partial charge in [-0.1, -0.05) is 175 Å². The molecular formula is C38H77NO2. The maximum atomic E-state index is 12.3. The van der Waals surface area contributed by atoms with Gasteiger partial charge in [0.15, 0.2) is 0 Å². The Bertz CT molecular complexity index is 481. The number of rotatable bonds is 35. The first-order chi connectivity index (χ1) is 20.2. The second kappa shape index (κ2) is 35.6. The second-order valence-electron chi connectivity index (χ2n) is 13.1. The normalized spacial score (nSPS) is 11.5. The lowest BCUT2D eigenvalue weighted by Crippen LogP contribution is -2.16. The first kappa shape index (κ1) is 40.4. The van der Waals surface area contributed by atoms with Crippen LogP contribution in [-0.4, -0.2) is 25.7 Å². The van der Waals surface area contributed by atoms with Crippen LogP contribution in [0.4, 0.5) is 0 Å². The van der Waals surface area contributed by atoms with E-state index in [4.69, 9.17) is 4.74 Å². The van der Waals surface area contributed by atoms with E-state index < -0.39 is 0 Å². The van der Waals surface area contributed by atoms with Gasteiger partial charge in [0.05, 0.1) is 6.61 Å². The predicted octanol–water partition coefficient (Wildman–Crippen LogP) is 12.5. The van der Waals surface area contributed by atoms with Gasteiger partial charge >= 0.3 is 5.97 Å². The summed E-state index contributed by atoms with van der Waals surface area (Å²) >= 11 is 0. The van der Waals surface area contributed by atoms with Crippen molar-refractivity contribution in [3.8, 4) is 0 Å². The fraction of sp³-hybridized carbons (Fsp3) is 0.974. The Kier molecular flexibility index (Phi) is 35.1. The van der Waals surface area contributed by atoms with Crippen LogP contribution in [0, 0.1) is 5.92 Å². The Morgan fingerprint density at radius 1 is 0.463 bits per heavy atom. The quantitative estimate of drug-likeness (QED) is 0.0599. The van der Waals surface area contributed by atoms with Gasteiger partial charge < -0.3 is 10.1 Å². The van der Waals surface area contributed by atoms with Crippen LogP contribution in [0.15, 0.2) is 0 Å². The highest BCUT2D eigenvalue weighted by Crippen LogP contribution is 2.20. The van der Waals surface area contributed by atoms with Crippen molar-refractivity contribution in [2.45, 2.75) is 213 Å². The standard InChI is InChI=1S/C38H77NO2/c1-4-7-10-13-14-15-16-17-18-19-24-29-34-39-35-30-25-20-23-28-33-38(40)41-36-37(31-26-21-11-8-5-2)32-27-22-12-9-6-3/h37,39H,4-36H2,1-3H3. The average Bonchev–Trinajstić information content (AvgIpc) is 2.98. The highest BCUT2D eigenvalue weighted by molar-refractivity contribution is 5.69. The number of hydrogen-bond acceptors (Lipinski definition) is 3. The summed E-state index contributed by atoms with van der Waals surface area (Å²) in [4.78, 5) is 12.3. The lowest BCUT2D eigenvalue weighted by atomic mass is 9.95. The molecule has 0 spiro atoms. The summed E-state index contributed by atoms with van der Waals surface area (Å²) in [6.07, 6.45) is 39.3. The summed E-state index contributed by atoms with van der Waals surface area (Å²) in [5, 5.41) is 3.63. The molecule has 0 aliphatic rings. The summed E-state index contributed by atoms with van der Waals surface area (Å²) < 4.78 is 5.75. The maximum Gasteiger partial charge on any atom is 0.305 e. The third-order valence-corrected chi connectivity index (χ3v) is 8.85. The number of carbonyl (C=O) groups is 1. The van der Waals surface area contributed by atoms with Crippen molar-refractivity contribution < 1.29 is 9.53 Å². The van der Waals surface area contributed by atoms with Crippen molar-refractivity contribution in [2.24, 2.45) is 5.92 Å². The van der Waals surface area contributed by atoms with Crippen LogP contribution in [0.3, 0.4) is 0 Å². The molecule has 246 valence electrons. The van der Waals surface area contributed by atoms with Crippen LogP contribution >= 0.6 is 0 Å². The second-order valence-corrected chi connectivity index (χ2v) is 13.1. The van der Waals surface area contributed by atoms with Crippen molar-refractivity contribution in [1.29, 1.82) is 0 Å². The van der Waals surface area contributed by atoms with Gasteiger partial charge in [-0.25, -0.2) is 0 Å². The monoisotopic (exact) mass is 580 g/mol. The number of unbranched alkanes of at least 4 members (excludes halogenated alkanes) is 23.